The van der Waals surface area contributed by atoms with Gasteiger partial charge in [0.25, 0.3) is 0 Å². The molecule has 24 heavy (non-hydrogen) atoms. The minimum atomic E-state index is 0.848. The maximum absolute atomic E-state index is 4.75. The summed E-state index contributed by atoms with van der Waals surface area (Å²) in [4.78, 5) is 16.9. The summed E-state index contributed by atoms with van der Waals surface area (Å²) in [5.74, 6) is 2.87. The number of hydrogen-bond acceptors (Lipinski definition) is 6. The van der Waals surface area contributed by atoms with Crippen molar-refractivity contribution in [3.8, 4) is 0 Å². The lowest BCUT2D eigenvalue weighted by Crippen LogP contribution is -2.49. The van der Waals surface area contributed by atoms with E-state index in [1.807, 2.05) is 6.92 Å². The average Bonchev–Trinajstić information content (AvgIpc) is 3.03. The van der Waals surface area contributed by atoms with Gasteiger partial charge < -0.3 is 9.80 Å². The summed E-state index contributed by atoms with van der Waals surface area (Å²) in [5, 5.41) is 2.12. The molecule has 0 N–H and O–H groups in total. The fourth-order valence-electron chi connectivity index (χ4n) is 4.11. The zero-order chi connectivity index (χ0) is 16.5. The Labute approximate surface area is 148 Å². The summed E-state index contributed by atoms with van der Waals surface area (Å²) in [6.07, 6.45) is 2.75. The van der Waals surface area contributed by atoms with Crippen molar-refractivity contribution < 1.29 is 0 Å². The van der Waals surface area contributed by atoms with Crippen LogP contribution in [0.1, 0.15) is 18.7 Å². The van der Waals surface area contributed by atoms with Gasteiger partial charge in [-0.3, -0.25) is 4.90 Å². The van der Waals surface area contributed by atoms with Gasteiger partial charge in [0, 0.05) is 39.3 Å². The molecule has 0 bridgehead atoms. The molecule has 5 nitrogen and oxygen atoms in total. The first-order chi connectivity index (χ1) is 11.7. The molecular formula is C18H27N5S. The number of hydrogen-bond donors (Lipinski definition) is 0. The highest BCUT2D eigenvalue weighted by molar-refractivity contribution is 7.17. The molecule has 2 aliphatic rings. The summed E-state index contributed by atoms with van der Waals surface area (Å²) in [6, 6.07) is 2.11. The second-order valence-corrected chi connectivity index (χ2v) is 8.20. The van der Waals surface area contributed by atoms with Crippen molar-refractivity contribution in [2.75, 3.05) is 57.8 Å². The van der Waals surface area contributed by atoms with E-state index in [-0.39, 0.29) is 0 Å². The van der Waals surface area contributed by atoms with E-state index >= 15 is 0 Å². The summed E-state index contributed by atoms with van der Waals surface area (Å²) in [5.41, 5.74) is 1.09. The Bertz CT molecular complexity index is 692. The molecule has 0 aromatic carbocycles. The summed E-state index contributed by atoms with van der Waals surface area (Å²) >= 11 is 1.76. The van der Waals surface area contributed by atoms with Gasteiger partial charge in [-0.15, -0.1) is 11.3 Å². The van der Waals surface area contributed by atoms with Crippen LogP contribution in [0.5, 0.6) is 0 Å². The number of fused-ring (bicyclic) bond motifs is 1. The standard InChI is InChI=1S/C18H27N5S/c1-14-19-16-5-11-24-17(16)18(20-14)23-9-7-22(8-10-23)13-15-4-3-6-21(2)12-15/h5,11,15H,3-4,6-10,12-13H2,1-2H3/t15-/m1/s1. The van der Waals surface area contributed by atoms with Crippen molar-refractivity contribution >= 4 is 27.4 Å². The maximum atomic E-state index is 4.75. The highest BCUT2D eigenvalue weighted by Crippen LogP contribution is 2.29. The van der Waals surface area contributed by atoms with E-state index in [1.54, 1.807) is 11.3 Å². The molecule has 0 spiro atoms. The third-order valence-electron chi connectivity index (χ3n) is 5.31. The molecule has 1 atom stereocenters. The van der Waals surface area contributed by atoms with Gasteiger partial charge in [-0.1, -0.05) is 0 Å². The van der Waals surface area contributed by atoms with Crippen LogP contribution in [-0.4, -0.2) is 72.6 Å². The Kier molecular flexibility index (Phi) is 4.70. The smallest absolute Gasteiger partial charge is 0.150 e. The van der Waals surface area contributed by atoms with E-state index in [2.05, 4.69) is 38.2 Å². The number of aryl methyl sites for hydroxylation is 1. The van der Waals surface area contributed by atoms with Crippen molar-refractivity contribution in [3.63, 3.8) is 0 Å². The fraction of sp³-hybridized carbons (Fsp3) is 0.667. The Morgan fingerprint density at radius 2 is 2.00 bits per heavy atom. The van der Waals surface area contributed by atoms with Crippen molar-refractivity contribution in [2.45, 2.75) is 19.8 Å². The van der Waals surface area contributed by atoms with Crippen molar-refractivity contribution in [1.82, 2.24) is 19.8 Å². The quantitative estimate of drug-likeness (QED) is 0.854. The molecule has 6 heteroatoms. The molecule has 130 valence electrons. The maximum Gasteiger partial charge on any atom is 0.150 e. The average molecular weight is 346 g/mol. The van der Waals surface area contributed by atoms with Gasteiger partial charge in [0.2, 0.25) is 0 Å². The van der Waals surface area contributed by atoms with Crippen LogP contribution in [-0.2, 0) is 0 Å². The van der Waals surface area contributed by atoms with Crippen molar-refractivity contribution in [3.05, 3.63) is 17.3 Å². The van der Waals surface area contributed by atoms with Gasteiger partial charge >= 0.3 is 0 Å². The molecule has 0 unspecified atom stereocenters. The second-order valence-electron chi connectivity index (χ2n) is 7.29. The van der Waals surface area contributed by atoms with Crippen LogP contribution in [0.25, 0.3) is 10.2 Å². The molecule has 0 aliphatic carbocycles. The highest BCUT2D eigenvalue weighted by atomic mass is 32.1. The van der Waals surface area contributed by atoms with Gasteiger partial charge in [-0.25, -0.2) is 9.97 Å². The molecule has 4 heterocycles. The largest absolute Gasteiger partial charge is 0.353 e. The monoisotopic (exact) mass is 345 g/mol. The molecule has 2 fully saturated rings. The molecule has 2 saturated heterocycles. The lowest BCUT2D eigenvalue weighted by atomic mass is 9.97. The predicted molar refractivity (Wildman–Crippen MR) is 101 cm³/mol. The predicted octanol–water partition coefficient (Wildman–Crippen LogP) is 2.46. The lowest BCUT2D eigenvalue weighted by Gasteiger charge is -2.39. The number of piperazine rings is 1. The Hall–Kier alpha value is -1.24. The van der Waals surface area contributed by atoms with Crippen molar-refractivity contribution in [2.24, 2.45) is 5.92 Å². The van der Waals surface area contributed by atoms with E-state index < -0.39 is 0 Å². The van der Waals surface area contributed by atoms with E-state index in [0.717, 1.165) is 49.3 Å². The molecule has 0 amide bonds. The SMILES string of the molecule is Cc1nc(N2CCN(C[C@@H]3CCCN(C)C3)CC2)c2sccc2n1. The van der Waals surface area contributed by atoms with Crippen LogP contribution in [0.2, 0.25) is 0 Å². The second kappa shape index (κ2) is 6.94. The first-order valence-corrected chi connectivity index (χ1v) is 9.95. The normalized spacial score (nSPS) is 23.9. The minimum Gasteiger partial charge on any atom is -0.353 e. The topological polar surface area (TPSA) is 35.5 Å². The van der Waals surface area contributed by atoms with E-state index in [4.69, 9.17) is 4.98 Å². The van der Waals surface area contributed by atoms with Crippen molar-refractivity contribution in [1.29, 1.82) is 0 Å². The van der Waals surface area contributed by atoms with E-state index in [1.165, 1.54) is 37.2 Å². The van der Waals surface area contributed by atoms with Crippen LogP contribution < -0.4 is 4.90 Å². The number of piperidine rings is 1. The molecule has 0 saturated carbocycles. The summed E-state index contributed by atoms with van der Waals surface area (Å²) in [7, 11) is 2.26. The third kappa shape index (κ3) is 3.41. The molecule has 4 rings (SSSR count). The van der Waals surface area contributed by atoms with Crippen LogP contribution in [0.4, 0.5) is 5.82 Å². The highest BCUT2D eigenvalue weighted by Gasteiger charge is 2.24. The van der Waals surface area contributed by atoms with Crippen LogP contribution in [0.15, 0.2) is 11.4 Å². The van der Waals surface area contributed by atoms with Gasteiger partial charge in [-0.2, -0.15) is 0 Å². The zero-order valence-corrected chi connectivity index (χ0v) is 15.6. The third-order valence-corrected chi connectivity index (χ3v) is 6.21. The minimum absolute atomic E-state index is 0.848. The Morgan fingerprint density at radius 1 is 1.17 bits per heavy atom. The number of aromatic nitrogens is 2. The molecule has 2 aromatic rings. The summed E-state index contributed by atoms with van der Waals surface area (Å²) < 4.78 is 1.24. The molecule has 0 radical (unpaired) electrons. The number of anilines is 1. The molecule has 2 aliphatic heterocycles. The fourth-order valence-corrected chi connectivity index (χ4v) is 4.95. The van der Waals surface area contributed by atoms with Gasteiger partial charge in [0.05, 0.1) is 10.2 Å². The Morgan fingerprint density at radius 3 is 2.79 bits per heavy atom. The lowest BCUT2D eigenvalue weighted by molar-refractivity contribution is 0.147. The van der Waals surface area contributed by atoms with E-state index in [0.29, 0.717) is 0 Å². The first kappa shape index (κ1) is 16.2. The number of likely N-dealkylation sites (tertiary alicyclic amines) is 1. The number of rotatable bonds is 3. The molecule has 2 aromatic heterocycles. The number of nitrogens with zero attached hydrogens (tertiary/aromatic N) is 5. The van der Waals surface area contributed by atoms with Crippen LogP contribution in [0.3, 0.4) is 0 Å². The van der Waals surface area contributed by atoms with E-state index in [9.17, 15) is 0 Å². The van der Waals surface area contributed by atoms with Gasteiger partial charge in [0.15, 0.2) is 0 Å². The van der Waals surface area contributed by atoms with Gasteiger partial charge in [-0.05, 0) is 50.7 Å². The Balaban J connectivity index is 1.39. The summed E-state index contributed by atoms with van der Waals surface area (Å²) in [6.45, 7) is 10.2. The van der Waals surface area contributed by atoms with Gasteiger partial charge in [0.1, 0.15) is 11.6 Å². The zero-order valence-electron chi connectivity index (χ0n) is 14.7. The van der Waals surface area contributed by atoms with Crippen LogP contribution >= 0.6 is 11.3 Å². The molecular weight excluding hydrogens is 318 g/mol. The first-order valence-electron chi connectivity index (χ1n) is 9.07. The van der Waals surface area contributed by atoms with Crippen LogP contribution in [0, 0.1) is 12.8 Å². The number of thiophene rings is 1.